The Morgan fingerprint density at radius 2 is 1.96 bits per heavy atom. The number of amides is 1. The Balaban J connectivity index is 1.90. The van der Waals surface area contributed by atoms with Gasteiger partial charge in [-0.15, -0.1) is 0 Å². The van der Waals surface area contributed by atoms with Crippen LogP contribution >= 0.6 is 11.6 Å². The van der Waals surface area contributed by atoms with Crippen LogP contribution in [0, 0.1) is 0 Å². The normalized spacial score (nSPS) is 21.2. The van der Waals surface area contributed by atoms with Crippen LogP contribution < -0.4 is 5.32 Å². The first-order valence-electron chi connectivity index (χ1n) is 7.95. The molecule has 0 unspecified atom stereocenters. The lowest BCUT2D eigenvalue weighted by Crippen LogP contribution is -2.39. The molecule has 1 aromatic heterocycles. The highest BCUT2D eigenvalue weighted by molar-refractivity contribution is 6.29. The number of halogens is 4. The summed E-state index contributed by atoms with van der Waals surface area (Å²) in [5.74, 6) is -0.585. The van der Waals surface area contributed by atoms with E-state index < -0.39 is 17.8 Å². The third kappa shape index (κ3) is 6.13. The van der Waals surface area contributed by atoms with Crippen molar-refractivity contribution in [2.45, 2.75) is 44.0 Å². The number of aromatic nitrogens is 1. The van der Waals surface area contributed by atoms with Crippen LogP contribution in [0.3, 0.4) is 0 Å². The zero-order chi connectivity index (χ0) is 18.4. The van der Waals surface area contributed by atoms with E-state index in [1.165, 1.54) is 0 Å². The van der Waals surface area contributed by atoms with Gasteiger partial charge in [-0.05, 0) is 37.8 Å². The lowest BCUT2D eigenvalue weighted by Gasteiger charge is -2.29. The van der Waals surface area contributed by atoms with Gasteiger partial charge in [0.1, 0.15) is 10.8 Å². The maximum Gasteiger partial charge on any atom is 0.433 e. The van der Waals surface area contributed by atoms with Gasteiger partial charge in [0.25, 0.3) is 5.91 Å². The predicted molar refractivity (Wildman–Crippen MR) is 85.6 cm³/mol. The van der Waals surface area contributed by atoms with Crippen LogP contribution in [-0.4, -0.2) is 43.4 Å². The molecule has 1 saturated carbocycles. The van der Waals surface area contributed by atoms with Gasteiger partial charge in [-0.2, -0.15) is 13.2 Å². The zero-order valence-electron chi connectivity index (χ0n) is 13.7. The molecule has 1 aliphatic carbocycles. The smallest absolute Gasteiger partial charge is 0.382 e. The van der Waals surface area contributed by atoms with Gasteiger partial charge in [-0.3, -0.25) is 4.79 Å². The van der Waals surface area contributed by atoms with Crippen LogP contribution in [0.4, 0.5) is 13.2 Å². The van der Waals surface area contributed by atoms with Crippen molar-refractivity contribution in [3.05, 3.63) is 28.5 Å². The zero-order valence-corrected chi connectivity index (χ0v) is 14.5. The first-order valence-corrected chi connectivity index (χ1v) is 8.33. The highest BCUT2D eigenvalue weighted by atomic mass is 35.5. The second-order valence-electron chi connectivity index (χ2n) is 5.87. The summed E-state index contributed by atoms with van der Waals surface area (Å²) in [6.45, 7) is 1.05. The Kier molecular flexibility index (Phi) is 7.04. The topological polar surface area (TPSA) is 60.5 Å². The summed E-state index contributed by atoms with van der Waals surface area (Å²) in [7, 11) is 1.60. The summed E-state index contributed by atoms with van der Waals surface area (Å²) in [5.41, 5.74) is -1.33. The molecule has 1 aromatic rings. The van der Waals surface area contributed by atoms with Gasteiger partial charge >= 0.3 is 6.18 Å². The number of carbonyl (C=O) groups is 1. The van der Waals surface area contributed by atoms with Crippen LogP contribution in [0.15, 0.2) is 12.1 Å². The number of nitrogens with one attached hydrogen (secondary N) is 1. The SMILES string of the molecule is COCCOC1CCC(NC(=O)c2cc(Cl)nc(C(F)(F)F)c2)CC1. The average Bonchev–Trinajstić information content (AvgIpc) is 2.55. The first-order chi connectivity index (χ1) is 11.8. The van der Waals surface area contributed by atoms with Gasteiger partial charge in [0.05, 0.1) is 19.3 Å². The minimum absolute atomic E-state index is 0.101. The summed E-state index contributed by atoms with van der Waals surface area (Å²) in [6.07, 6.45) is -1.57. The molecular formula is C16H20ClF3N2O3. The highest BCUT2D eigenvalue weighted by Crippen LogP contribution is 2.29. The number of ether oxygens (including phenoxy) is 2. The molecule has 9 heteroatoms. The Labute approximate surface area is 148 Å². The molecule has 0 saturated heterocycles. The number of hydrogen-bond donors (Lipinski definition) is 1. The highest BCUT2D eigenvalue weighted by Gasteiger charge is 2.34. The Morgan fingerprint density at radius 3 is 2.56 bits per heavy atom. The summed E-state index contributed by atoms with van der Waals surface area (Å²) in [5, 5.41) is 2.39. The molecular weight excluding hydrogens is 361 g/mol. The number of carbonyl (C=O) groups excluding carboxylic acids is 1. The monoisotopic (exact) mass is 380 g/mol. The molecule has 0 atom stereocenters. The lowest BCUT2D eigenvalue weighted by atomic mass is 9.92. The molecule has 0 aliphatic heterocycles. The van der Waals surface area contributed by atoms with Crippen LogP contribution in [0.2, 0.25) is 5.15 Å². The first kappa shape index (κ1) is 19.9. The molecule has 1 aliphatic rings. The quantitative estimate of drug-likeness (QED) is 0.606. The van der Waals surface area contributed by atoms with Gasteiger partial charge in [0.15, 0.2) is 0 Å². The molecule has 2 rings (SSSR count). The summed E-state index contributed by atoms with van der Waals surface area (Å²) < 4.78 is 48.9. The van der Waals surface area contributed by atoms with E-state index in [1.807, 2.05) is 0 Å². The maximum absolute atomic E-state index is 12.8. The van der Waals surface area contributed by atoms with Gasteiger partial charge < -0.3 is 14.8 Å². The summed E-state index contributed by atoms with van der Waals surface area (Å²) in [4.78, 5) is 15.4. The largest absolute Gasteiger partial charge is 0.433 e. The van der Waals surface area contributed by atoms with Crippen LogP contribution in [0.25, 0.3) is 0 Å². The van der Waals surface area contributed by atoms with Crippen molar-refractivity contribution in [3.8, 4) is 0 Å². The second kappa shape index (κ2) is 8.82. The average molecular weight is 381 g/mol. The number of rotatable bonds is 6. The Bertz CT molecular complexity index is 590. The van der Waals surface area contributed by atoms with Crippen molar-refractivity contribution in [1.82, 2.24) is 10.3 Å². The van der Waals surface area contributed by atoms with Crippen molar-refractivity contribution >= 4 is 17.5 Å². The molecule has 0 aromatic carbocycles. The fraction of sp³-hybridized carbons (Fsp3) is 0.625. The molecule has 0 bridgehead atoms. The van der Waals surface area contributed by atoms with Crippen LogP contribution in [0.5, 0.6) is 0 Å². The van der Waals surface area contributed by atoms with E-state index in [2.05, 4.69) is 10.3 Å². The van der Waals surface area contributed by atoms with Gasteiger partial charge in [0.2, 0.25) is 0 Å². The Hall–Kier alpha value is -1.38. The van der Waals surface area contributed by atoms with E-state index in [9.17, 15) is 18.0 Å². The lowest BCUT2D eigenvalue weighted by molar-refractivity contribution is -0.141. The molecule has 1 N–H and O–H groups in total. The molecule has 1 fully saturated rings. The van der Waals surface area contributed by atoms with E-state index in [4.69, 9.17) is 21.1 Å². The van der Waals surface area contributed by atoms with E-state index in [0.29, 0.717) is 32.1 Å². The van der Waals surface area contributed by atoms with E-state index in [0.717, 1.165) is 18.9 Å². The number of hydrogen-bond acceptors (Lipinski definition) is 4. The molecule has 5 nitrogen and oxygen atoms in total. The molecule has 140 valence electrons. The fourth-order valence-electron chi connectivity index (χ4n) is 2.71. The van der Waals surface area contributed by atoms with E-state index >= 15 is 0 Å². The van der Waals surface area contributed by atoms with Crippen molar-refractivity contribution in [3.63, 3.8) is 0 Å². The fourth-order valence-corrected chi connectivity index (χ4v) is 2.92. The number of alkyl halides is 3. The number of pyridine rings is 1. The maximum atomic E-state index is 12.8. The Morgan fingerprint density at radius 1 is 1.28 bits per heavy atom. The van der Waals surface area contributed by atoms with E-state index in [1.54, 1.807) is 7.11 Å². The van der Waals surface area contributed by atoms with Crippen molar-refractivity contribution in [2.75, 3.05) is 20.3 Å². The number of nitrogens with zero attached hydrogens (tertiary/aromatic N) is 1. The minimum atomic E-state index is -4.66. The molecule has 0 spiro atoms. The third-order valence-electron chi connectivity index (χ3n) is 4.00. The predicted octanol–water partition coefficient (Wildman–Crippen LogP) is 3.46. The molecule has 0 radical (unpaired) electrons. The van der Waals surface area contributed by atoms with Crippen LogP contribution in [-0.2, 0) is 15.7 Å². The van der Waals surface area contributed by atoms with Crippen molar-refractivity contribution in [1.29, 1.82) is 0 Å². The summed E-state index contributed by atoms with van der Waals surface area (Å²) in [6, 6.07) is 1.74. The second-order valence-corrected chi connectivity index (χ2v) is 6.26. The minimum Gasteiger partial charge on any atom is -0.382 e. The van der Waals surface area contributed by atoms with Gasteiger partial charge in [-0.1, -0.05) is 11.6 Å². The molecule has 1 heterocycles. The standard InChI is InChI=1S/C16H20ClF3N2O3/c1-24-6-7-25-12-4-2-11(3-5-12)21-15(23)10-8-13(16(18,19)20)22-14(17)9-10/h8-9,11-12H,2-7H2,1H3,(H,21,23). The molecule has 1 amide bonds. The van der Waals surface area contributed by atoms with Crippen molar-refractivity contribution in [2.24, 2.45) is 0 Å². The molecule has 25 heavy (non-hydrogen) atoms. The van der Waals surface area contributed by atoms with E-state index in [-0.39, 0.29) is 22.9 Å². The van der Waals surface area contributed by atoms with Crippen LogP contribution in [0.1, 0.15) is 41.7 Å². The number of methoxy groups -OCH3 is 1. The summed E-state index contributed by atoms with van der Waals surface area (Å²) >= 11 is 5.60. The van der Waals surface area contributed by atoms with Gasteiger partial charge in [0, 0.05) is 18.7 Å². The third-order valence-corrected chi connectivity index (χ3v) is 4.19. The van der Waals surface area contributed by atoms with Gasteiger partial charge in [-0.25, -0.2) is 4.98 Å². The van der Waals surface area contributed by atoms with Crippen molar-refractivity contribution < 1.29 is 27.4 Å².